The Morgan fingerprint density at radius 3 is 2.31 bits per heavy atom. The molecule has 9 nitrogen and oxygen atoms in total. The Morgan fingerprint density at radius 1 is 1.17 bits per heavy atom. The van der Waals surface area contributed by atoms with Crippen LogP contribution in [0, 0.1) is 0 Å². The molecule has 1 aliphatic heterocycles. The average molecular weight is 419 g/mol. The van der Waals surface area contributed by atoms with Gasteiger partial charge in [-0.1, -0.05) is 0 Å². The maximum absolute atomic E-state index is 12.7. The molecule has 2 heterocycles. The van der Waals surface area contributed by atoms with Crippen LogP contribution in [0.15, 0.2) is 59.5 Å². The first-order valence-corrected chi connectivity index (χ1v) is 9.70. The van der Waals surface area contributed by atoms with E-state index >= 15 is 0 Å². The summed E-state index contributed by atoms with van der Waals surface area (Å²) in [7, 11) is -0.0465. The molecule has 10 heteroatoms. The minimum absolute atomic E-state index is 0.126. The van der Waals surface area contributed by atoms with Crippen molar-refractivity contribution in [3.8, 4) is 5.75 Å². The topological polar surface area (TPSA) is 112 Å². The monoisotopic (exact) mass is 419 g/mol. The predicted molar refractivity (Wildman–Crippen MR) is 106 cm³/mol. The number of anilines is 1. The fourth-order valence-corrected chi connectivity index (χ4v) is 2.45. The third-order valence-corrected chi connectivity index (χ3v) is 4.27. The highest BCUT2D eigenvalue weighted by Gasteiger charge is 2.28. The summed E-state index contributed by atoms with van der Waals surface area (Å²) < 4.78 is 38.1. The van der Waals surface area contributed by atoms with Gasteiger partial charge in [-0.05, 0) is 43.3 Å². The van der Waals surface area contributed by atoms with Gasteiger partial charge in [0.2, 0.25) is 10.4 Å². The smallest absolute Gasteiger partial charge is 0.280 e. The number of aromatic nitrogens is 1. The second-order valence-corrected chi connectivity index (χ2v) is 7.09. The van der Waals surface area contributed by atoms with Gasteiger partial charge in [0.05, 0.1) is 31.2 Å². The molecule has 29 heavy (non-hydrogen) atoms. The Bertz CT molecular complexity index is 1050. The quantitative estimate of drug-likeness (QED) is 0.321. The minimum atomic E-state index is -4.41. The molecule has 0 unspecified atom stereocenters. The summed E-state index contributed by atoms with van der Waals surface area (Å²) in [5, 5.41) is 5.80. The largest absolute Gasteiger partial charge is 0.726 e. The van der Waals surface area contributed by atoms with Crippen LogP contribution in [0.25, 0.3) is 6.08 Å². The van der Waals surface area contributed by atoms with Crippen LogP contribution in [0.4, 0.5) is 5.69 Å². The molecule has 0 saturated carbocycles. The van der Waals surface area contributed by atoms with Crippen molar-refractivity contribution in [1.82, 2.24) is 0 Å². The average Bonchev–Trinajstić information content (AvgIpc) is 2.96. The van der Waals surface area contributed by atoms with Gasteiger partial charge in [0, 0.05) is 11.6 Å². The first-order valence-electron chi connectivity index (χ1n) is 8.37. The number of carbonyl (C=O) groups excluding carboxylic acids is 1. The van der Waals surface area contributed by atoms with Gasteiger partial charge < -0.3 is 9.29 Å². The van der Waals surface area contributed by atoms with Crippen LogP contribution in [0.3, 0.4) is 0 Å². The van der Waals surface area contributed by atoms with Crippen LogP contribution in [-0.2, 0) is 26.4 Å². The molecular weight excluding hydrogens is 398 g/mol. The van der Waals surface area contributed by atoms with Crippen LogP contribution < -0.4 is 14.3 Å². The Hall–Kier alpha value is -3.08. The number of hydrogen-bond donors (Lipinski definition) is 0. The predicted octanol–water partition coefficient (Wildman–Crippen LogP) is 1.42. The van der Waals surface area contributed by atoms with E-state index < -0.39 is 10.4 Å². The third kappa shape index (κ3) is 6.21. The second-order valence-electron chi connectivity index (χ2n) is 5.94. The lowest BCUT2D eigenvalue weighted by atomic mass is 10.1. The van der Waals surface area contributed by atoms with Crippen molar-refractivity contribution in [3.63, 3.8) is 0 Å². The molecule has 1 aliphatic rings. The second kappa shape index (κ2) is 9.41. The molecule has 1 amide bonds. The van der Waals surface area contributed by atoms with E-state index in [4.69, 9.17) is 4.74 Å². The van der Waals surface area contributed by atoms with Crippen molar-refractivity contribution < 1.29 is 31.3 Å². The summed E-state index contributed by atoms with van der Waals surface area (Å²) in [6.45, 7) is 1.84. The molecule has 0 saturated heterocycles. The number of hydrogen-bond acceptors (Lipinski definition) is 7. The zero-order valence-corrected chi connectivity index (χ0v) is 17.2. The van der Waals surface area contributed by atoms with E-state index in [2.05, 4.69) is 9.28 Å². The summed E-state index contributed by atoms with van der Waals surface area (Å²) in [5.41, 5.74) is 2.99. The minimum Gasteiger partial charge on any atom is -0.726 e. The molecule has 0 atom stereocenters. The number of methoxy groups -OCH3 is 1. The van der Waals surface area contributed by atoms with Crippen LogP contribution in [0.5, 0.6) is 5.75 Å². The number of amides is 1. The molecule has 1 aromatic heterocycles. The Balaban J connectivity index is 0.000000438. The van der Waals surface area contributed by atoms with Gasteiger partial charge in [-0.25, -0.2) is 13.0 Å². The van der Waals surface area contributed by atoms with E-state index in [-0.39, 0.29) is 5.91 Å². The maximum Gasteiger partial charge on any atom is 0.280 e. The standard InChI is InChI=1S/C18H18N3O2.CH4O4S/c1-13-17(11-14-5-4-10-20(2)12-14)18(22)21(19-13)15-6-8-16(23-3)9-7-15;1-5-6(2,3)4/h4-12H,1-3H3;1H3,(H,2,3,4)/q+1;/p-1/b17-11+;. The lowest BCUT2D eigenvalue weighted by molar-refractivity contribution is -0.671. The van der Waals surface area contributed by atoms with E-state index in [1.165, 1.54) is 5.01 Å². The lowest BCUT2D eigenvalue weighted by Gasteiger charge is -2.12. The number of carbonyl (C=O) groups is 1. The molecule has 1 aromatic carbocycles. The van der Waals surface area contributed by atoms with Crippen molar-refractivity contribution >= 4 is 33.8 Å². The number of pyridine rings is 1. The molecule has 0 N–H and O–H groups in total. The lowest BCUT2D eigenvalue weighted by Crippen LogP contribution is -2.26. The molecule has 154 valence electrons. The van der Waals surface area contributed by atoms with Crippen molar-refractivity contribution in [3.05, 3.63) is 59.9 Å². The van der Waals surface area contributed by atoms with Crippen molar-refractivity contribution in [2.45, 2.75) is 6.92 Å². The summed E-state index contributed by atoms with van der Waals surface area (Å²) in [6, 6.07) is 11.2. The first kappa shape index (κ1) is 22.2. The Labute approximate surface area is 169 Å². The first-order chi connectivity index (χ1) is 13.6. The third-order valence-electron chi connectivity index (χ3n) is 3.86. The summed E-state index contributed by atoms with van der Waals surface area (Å²) in [6.07, 6.45) is 5.78. The number of hydrazone groups is 1. The van der Waals surface area contributed by atoms with E-state index in [0.29, 0.717) is 11.3 Å². The van der Waals surface area contributed by atoms with Gasteiger partial charge in [0.25, 0.3) is 5.91 Å². The molecule has 0 fully saturated rings. The molecule has 0 radical (unpaired) electrons. The summed E-state index contributed by atoms with van der Waals surface area (Å²) in [4.78, 5) is 12.7. The molecule has 3 rings (SSSR count). The van der Waals surface area contributed by atoms with E-state index in [1.54, 1.807) is 7.11 Å². The van der Waals surface area contributed by atoms with E-state index in [0.717, 1.165) is 24.1 Å². The van der Waals surface area contributed by atoms with Crippen molar-refractivity contribution in [2.24, 2.45) is 12.1 Å². The molecule has 0 bridgehead atoms. The zero-order chi connectivity index (χ0) is 21.6. The normalized spacial score (nSPS) is 15.1. The molecule has 0 aliphatic carbocycles. The SMILES string of the molecule is COS(=O)(=O)[O-].COc1ccc(N2N=C(C)/C(=C\c3ccc[n+](C)c3)C2=O)cc1. The molecule has 0 spiro atoms. The van der Waals surface area contributed by atoms with E-state index in [9.17, 15) is 17.8 Å². The fourth-order valence-electron chi connectivity index (χ4n) is 2.45. The number of rotatable bonds is 4. The number of aryl methyl sites for hydroxylation is 1. The van der Waals surface area contributed by atoms with Gasteiger partial charge in [0.15, 0.2) is 12.4 Å². The van der Waals surface area contributed by atoms with Gasteiger partial charge in [-0.3, -0.25) is 8.98 Å². The molecular formula is C19H21N3O6S. The van der Waals surface area contributed by atoms with Crippen molar-refractivity contribution in [2.75, 3.05) is 19.2 Å². The van der Waals surface area contributed by atoms with Gasteiger partial charge in [-0.15, -0.1) is 0 Å². The fraction of sp³-hybridized carbons (Fsp3) is 0.211. The van der Waals surface area contributed by atoms with Crippen LogP contribution in [-0.4, -0.2) is 38.8 Å². The number of nitrogens with zero attached hydrogens (tertiary/aromatic N) is 3. The number of benzene rings is 1. The molecule has 2 aromatic rings. The van der Waals surface area contributed by atoms with Gasteiger partial charge in [-0.2, -0.15) is 10.1 Å². The highest BCUT2D eigenvalue weighted by Crippen LogP contribution is 2.26. The van der Waals surface area contributed by atoms with E-state index in [1.807, 2.05) is 73.4 Å². The van der Waals surface area contributed by atoms with Crippen molar-refractivity contribution in [1.29, 1.82) is 0 Å². The maximum atomic E-state index is 12.7. The van der Waals surface area contributed by atoms with Gasteiger partial charge in [0.1, 0.15) is 12.8 Å². The Morgan fingerprint density at radius 2 is 1.79 bits per heavy atom. The van der Waals surface area contributed by atoms with Gasteiger partial charge >= 0.3 is 0 Å². The highest BCUT2D eigenvalue weighted by molar-refractivity contribution is 7.80. The summed E-state index contributed by atoms with van der Waals surface area (Å²) >= 11 is 0. The van der Waals surface area contributed by atoms with Crippen LogP contribution >= 0.6 is 0 Å². The summed E-state index contributed by atoms with van der Waals surface area (Å²) in [5.74, 6) is 0.618. The zero-order valence-electron chi connectivity index (χ0n) is 16.4. The van der Waals surface area contributed by atoms with Crippen LogP contribution in [0.2, 0.25) is 0 Å². The Kier molecular flexibility index (Phi) is 7.21. The number of ether oxygens (including phenoxy) is 1. The highest BCUT2D eigenvalue weighted by atomic mass is 32.3. The van der Waals surface area contributed by atoms with Crippen LogP contribution in [0.1, 0.15) is 12.5 Å².